The van der Waals surface area contributed by atoms with Crippen molar-refractivity contribution in [2.45, 2.75) is 65.2 Å². The van der Waals surface area contributed by atoms with Crippen LogP contribution < -0.4 is 0 Å². The smallest absolute Gasteiger partial charge is 0.420 e. The summed E-state index contributed by atoms with van der Waals surface area (Å²) < 4.78 is 16.1. The second kappa shape index (κ2) is 9.98. The van der Waals surface area contributed by atoms with E-state index in [0.29, 0.717) is 9.33 Å². The van der Waals surface area contributed by atoms with E-state index >= 15 is 0 Å². The zero-order chi connectivity index (χ0) is 19.8. The maximum atomic E-state index is 12.6. The number of amides is 2. The van der Waals surface area contributed by atoms with E-state index in [-0.39, 0.29) is 13.0 Å². The fourth-order valence-electron chi connectivity index (χ4n) is 1.64. The highest BCUT2D eigenvalue weighted by molar-refractivity contribution is 14.1. The number of carbonyl (C=O) groups excluding carboxylic acids is 3. The zero-order valence-electron chi connectivity index (χ0n) is 15.8. The number of esters is 1. The molecule has 0 N–H and O–H groups in total. The van der Waals surface area contributed by atoms with Gasteiger partial charge >= 0.3 is 18.2 Å². The summed E-state index contributed by atoms with van der Waals surface area (Å²) >= 11 is 2.05. The Morgan fingerprint density at radius 1 is 1.04 bits per heavy atom. The van der Waals surface area contributed by atoms with Gasteiger partial charge in [-0.25, -0.2) is 14.4 Å². The van der Waals surface area contributed by atoms with E-state index < -0.39 is 35.4 Å². The molecule has 0 aromatic rings. The SMILES string of the molecule is C=CCOC(=O)[C@H](CCI)N(C(=O)OC(C)(C)C)C(=O)OC(C)(C)C. The lowest BCUT2D eigenvalue weighted by Crippen LogP contribution is -2.52. The number of halogens is 1. The molecule has 0 bridgehead atoms. The van der Waals surface area contributed by atoms with Gasteiger partial charge in [-0.15, -0.1) is 0 Å². The van der Waals surface area contributed by atoms with Crippen molar-refractivity contribution in [1.29, 1.82) is 0 Å². The van der Waals surface area contributed by atoms with Crippen LogP contribution in [0.25, 0.3) is 0 Å². The van der Waals surface area contributed by atoms with E-state index in [4.69, 9.17) is 14.2 Å². The summed E-state index contributed by atoms with van der Waals surface area (Å²) in [4.78, 5) is 38.1. The number of hydrogen-bond acceptors (Lipinski definition) is 6. The molecular formula is C17H28INO6. The molecule has 0 spiro atoms. The Morgan fingerprint density at radius 2 is 1.48 bits per heavy atom. The molecular weight excluding hydrogens is 441 g/mol. The summed E-state index contributed by atoms with van der Waals surface area (Å²) in [7, 11) is 0. The van der Waals surface area contributed by atoms with Crippen LogP contribution >= 0.6 is 22.6 Å². The second-order valence-corrected chi connectivity index (χ2v) is 8.32. The van der Waals surface area contributed by atoms with E-state index in [0.717, 1.165) is 0 Å². The third kappa shape index (κ3) is 9.66. The molecule has 0 saturated carbocycles. The van der Waals surface area contributed by atoms with Gasteiger partial charge in [0, 0.05) is 4.43 Å². The molecule has 144 valence electrons. The molecule has 2 amide bonds. The van der Waals surface area contributed by atoms with E-state index in [2.05, 4.69) is 29.2 Å². The van der Waals surface area contributed by atoms with Crippen LogP contribution in [0.15, 0.2) is 12.7 Å². The highest BCUT2D eigenvalue weighted by Crippen LogP contribution is 2.19. The van der Waals surface area contributed by atoms with Gasteiger partial charge in [-0.1, -0.05) is 35.2 Å². The predicted octanol–water partition coefficient (Wildman–Crippen LogP) is 4.08. The molecule has 0 saturated heterocycles. The van der Waals surface area contributed by atoms with Crippen LogP contribution in [0.1, 0.15) is 48.0 Å². The number of nitrogens with zero attached hydrogens (tertiary/aromatic N) is 1. The molecule has 7 nitrogen and oxygen atoms in total. The molecule has 0 aromatic heterocycles. The van der Waals surface area contributed by atoms with E-state index in [1.165, 1.54) is 6.08 Å². The molecule has 25 heavy (non-hydrogen) atoms. The number of imide groups is 1. The average Bonchev–Trinajstić information content (AvgIpc) is 2.40. The molecule has 0 aliphatic carbocycles. The monoisotopic (exact) mass is 469 g/mol. The van der Waals surface area contributed by atoms with E-state index in [1.54, 1.807) is 41.5 Å². The van der Waals surface area contributed by atoms with Gasteiger partial charge in [0.1, 0.15) is 23.9 Å². The lowest BCUT2D eigenvalue weighted by molar-refractivity contribution is -0.148. The average molecular weight is 469 g/mol. The summed E-state index contributed by atoms with van der Waals surface area (Å²) in [6, 6.07) is -1.14. The van der Waals surface area contributed by atoms with Crippen molar-refractivity contribution < 1.29 is 28.6 Å². The van der Waals surface area contributed by atoms with Gasteiger partial charge in [-0.2, -0.15) is 4.90 Å². The highest BCUT2D eigenvalue weighted by atomic mass is 127. The molecule has 0 rings (SSSR count). The van der Waals surface area contributed by atoms with Crippen LogP contribution in [0.4, 0.5) is 9.59 Å². The lowest BCUT2D eigenvalue weighted by Gasteiger charge is -2.32. The number of rotatable bonds is 6. The normalized spacial score (nSPS) is 12.8. The Kier molecular flexibility index (Phi) is 9.45. The molecule has 0 heterocycles. The van der Waals surface area contributed by atoms with Gasteiger partial charge in [0.15, 0.2) is 0 Å². The van der Waals surface area contributed by atoms with E-state index in [1.807, 2.05) is 0 Å². The fraction of sp³-hybridized carbons (Fsp3) is 0.706. The van der Waals surface area contributed by atoms with Gasteiger partial charge in [0.05, 0.1) is 0 Å². The quantitative estimate of drug-likeness (QED) is 0.192. The van der Waals surface area contributed by atoms with Crippen molar-refractivity contribution >= 4 is 40.7 Å². The topological polar surface area (TPSA) is 82.1 Å². The molecule has 0 aromatic carbocycles. The third-order valence-electron chi connectivity index (χ3n) is 2.49. The lowest BCUT2D eigenvalue weighted by atomic mass is 10.2. The summed E-state index contributed by atoms with van der Waals surface area (Å²) in [5, 5.41) is 0. The van der Waals surface area contributed by atoms with Crippen molar-refractivity contribution in [2.24, 2.45) is 0 Å². The van der Waals surface area contributed by atoms with E-state index in [9.17, 15) is 14.4 Å². The first-order chi connectivity index (χ1) is 11.3. The molecule has 0 fully saturated rings. The number of ether oxygens (including phenoxy) is 3. The zero-order valence-corrected chi connectivity index (χ0v) is 17.9. The second-order valence-electron chi connectivity index (χ2n) is 7.24. The third-order valence-corrected chi connectivity index (χ3v) is 3.11. The Balaban J connectivity index is 5.69. The Labute approximate surface area is 163 Å². The maximum Gasteiger partial charge on any atom is 0.420 e. The first kappa shape index (κ1) is 23.7. The summed E-state index contributed by atoms with van der Waals surface area (Å²) in [6.07, 6.45) is -0.279. The van der Waals surface area contributed by atoms with Crippen molar-refractivity contribution in [3.63, 3.8) is 0 Å². The molecule has 8 heteroatoms. The minimum atomic E-state index is -1.14. The van der Waals surface area contributed by atoms with Crippen molar-refractivity contribution in [1.82, 2.24) is 4.90 Å². The number of carbonyl (C=O) groups is 3. The van der Waals surface area contributed by atoms with Crippen LogP contribution in [0.3, 0.4) is 0 Å². The molecule has 0 aliphatic rings. The van der Waals surface area contributed by atoms with Crippen LogP contribution in [-0.2, 0) is 19.0 Å². The van der Waals surface area contributed by atoms with Crippen molar-refractivity contribution in [3.8, 4) is 0 Å². The van der Waals surface area contributed by atoms with Crippen LogP contribution in [-0.4, -0.2) is 51.3 Å². The van der Waals surface area contributed by atoms with Gasteiger partial charge in [-0.3, -0.25) is 0 Å². The Hall–Kier alpha value is -1.32. The minimum absolute atomic E-state index is 0.0208. The summed E-state index contributed by atoms with van der Waals surface area (Å²) in [5.41, 5.74) is -1.67. The number of hydrogen-bond donors (Lipinski definition) is 0. The number of alkyl halides is 1. The van der Waals surface area contributed by atoms with Crippen molar-refractivity contribution in [3.05, 3.63) is 12.7 Å². The minimum Gasteiger partial charge on any atom is -0.460 e. The standard InChI is InChI=1S/C17H28INO6/c1-8-11-23-13(20)12(9-10-18)19(14(21)24-16(2,3)4)15(22)25-17(5,6)7/h8,12H,1,9-11H2,2-7H3/t12-/m0/s1. The van der Waals surface area contributed by atoms with Crippen molar-refractivity contribution in [2.75, 3.05) is 11.0 Å². The van der Waals surface area contributed by atoms with Gasteiger partial charge < -0.3 is 14.2 Å². The summed E-state index contributed by atoms with van der Waals surface area (Å²) in [6.45, 7) is 13.5. The highest BCUT2D eigenvalue weighted by Gasteiger charge is 2.40. The first-order valence-electron chi connectivity index (χ1n) is 7.91. The van der Waals surface area contributed by atoms with Gasteiger partial charge in [-0.05, 0) is 48.0 Å². The van der Waals surface area contributed by atoms with Crippen LogP contribution in [0, 0.1) is 0 Å². The predicted molar refractivity (Wildman–Crippen MR) is 103 cm³/mol. The van der Waals surface area contributed by atoms with Gasteiger partial charge in [0.2, 0.25) is 0 Å². The molecule has 0 radical (unpaired) electrons. The Bertz CT molecular complexity index is 464. The summed E-state index contributed by atoms with van der Waals surface area (Å²) in [5.74, 6) is -0.715. The molecule has 0 unspecified atom stereocenters. The largest absolute Gasteiger partial charge is 0.460 e. The van der Waals surface area contributed by atoms with Crippen LogP contribution in [0.2, 0.25) is 0 Å². The molecule has 0 aliphatic heterocycles. The first-order valence-corrected chi connectivity index (χ1v) is 9.43. The Morgan fingerprint density at radius 3 is 1.80 bits per heavy atom. The van der Waals surface area contributed by atoms with Gasteiger partial charge in [0.25, 0.3) is 0 Å². The van der Waals surface area contributed by atoms with Crippen LogP contribution in [0.5, 0.6) is 0 Å². The molecule has 1 atom stereocenters. The fourth-order valence-corrected chi connectivity index (χ4v) is 2.23. The maximum absolute atomic E-state index is 12.6.